The molecule has 0 aliphatic carbocycles. The first-order valence-corrected chi connectivity index (χ1v) is 5.94. The Bertz CT molecular complexity index is 492. The van der Waals surface area contributed by atoms with Crippen LogP contribution in [0.5, 0.6) is 0 Å². The van der Waals surface area contributed by atoms with Gasteiger partial charge in [0, 0.05) is 5.56 Å². The first-order chi connectivity index (χ1) is 7.03. The van der Waals surface area contributed by atoms with E-state index in [4.69, 9.17) is 4.55 Å². The minimum atomic E-state index is -4.59. The van der Waals surface area contributed by atoms with E-state index in [1.165, 1.54) is 0 Å². The highest BCUT2D eigenvalue weighted by atomic mass is 32.2. The molecule has 0 bridgehead atoms. The second-order valence-corrected chi connectivity index (χ2v) is 5.91. The molecule has 1 N–H and O–H groups in total. The molecule has 0 aromatic heterocycles. The van der Waals surface area contributed by atoms with Gasteiger partial charge in [-0.25, -0.2) is 8.78 Å². The van der Waals surface area contributed by atoms with Gasteiger partial charge in [-0.05, 0) is 17.5 Å². The normalized spacial score (nSPS) is 12.9. The van der Waals surface area contributed by atoms with Gasteiger partial charge in [0.15, 0.2) is 0 Å². The summed E-state index contributed by atoms with van der Waals surface area (Å²) in [5, 5.41) is 0. The van der Waals surface area contributed by atoms with Crippen molar-refractivity contribution < 1.29 is 21.8 Å². The molecule has 0 aliphatic rings. The van der Waals surface area contributed by atoms with Crippen molar-refractivity contribution in [2.75, 3.05) is 0 Å². The fourth-order valence-electron chi connectivity index (χ4n) is 1.42. The van der Waals surface area contributed by atoms with Gasteiger partial charge in [0.1, 0.15) is 11.6 Å². The summed E-state index contributed by atoms with van der Waals surface area (Å²) in [7, 11) is -4.59. The summed E-state index contributed by atoms with van der Waals surface area (Å²) in [4.78, 5) is -0.782. The lowest BCUT2D eigenvalue weighted by Gasteiger charge is -2.20. The second-order valence-electron chi connectivity index (χ2n) is 4.49. The molecule has 0 atom stereocenters. The predicted molar refractivity (Wildman–Crippen MR) is 54.9 cm³/mol. The molecule has 0 fully saturated rings. The highest BCUT2D eigenvalue weighted by molar-refractivity contribution is 7.85. The van der Waals surface area contributed by atoms with Crippen LogP contribution < -0.4 is 0 Å². The Balaban J connectivity index is 3.53. The summed E-state index contributed by atoms with van der Waals surface area (Å²) in [6.07, 6.45) is 0. The fourth-order valence-corrected chi connectivity index (χ4v) is 1.92. The van der Waals surface area contributed by atoms with E-state index >= 15 is 0 Å². The van der Waals surface area contributed by atoms with E-state index in [-0.39, 0.29) is 5.56 Å². The van der Waals surface area contributed by atoms with Gasteiger partial charge in [-0.1, -0.05) is 20.8 Å². The van der Waals surface area contributed by atoms with Crippen LogP contribution in [0.15, 0.2) is 17.0 Å². The Morgan fingerprint density at radius 2 is 1.50 bits per heavy atom. The van der Waals surface area contributed by atoms with Crippen LogP contribution in [0.25, 0.3) is 0 Å². The molecule has 0 heterocycles. The molecule has 1 aromatic rings. The van der Waals surface area contributed by atoms with Gasteiger partial charge in [-0.3, -0.25) is 4.55 Å². The van der Waals surface area contributed by atoms with Gasteiger partial charge < -0.3 is 0 Å². The Morgan fingerprint density at radius 3 is 1.75 bits per heavy atom. The maximum atomic E-state index is 13.5. The fraction of sp³-hybridized carbons (Fsp3) is 0.400. The minimum Gasteiger partial charge on any atom is -0.282 e. The number of halogens is 2. The Kier molecular flexibility index (Phi) is 3.08. The molecule has 0 aliphatic heterocycles. The second kappa shape index (κ2) is 3.78. The molecular weight excluding hydrogens is 238 g/mol. The van der Waals surface area contributed by atoms with Gasteiger partial charge in [-0.2, -0.15) is 8.42 Å². The number of hydrogen-bond donors (Lipinski definition) is 1. The zero-order valence-electron chi connectivity index (χ0n) is 9.08. The van der Waals surface area contributed by atoms with E-state index in [0.29, 0.717) is 12.1 Å². The summed E-state index contributed by atoms with van der Waals surface area (Å²) < 4.78 is 57.2. The van der Waals surface area contributed by atoms with Crippen LogP contribution >= 0.6 is 0 Å². The summed E-state index contributed by atoms with van der Waals surface area (Å²) in [5.41, 5.74) is -0.994. The average molecular weight is 250 g/mol. The molecule has 0 amide bonds. The molecule has 0 saturated heterocycles. The molecule has 1 rings (SSSR count). The summed E-state index contributed by atoms with van der Waals surface area (Å²) in [6, 6.07) is 1.22. The highest BCUT2D eigenvalue weighted by Crippen LogP contribution is 2.29. The van der Waals surface area contributed by atoms with Gasteiger partial charge in [-0.15, -0.1) is 0 Å². The third-order valence-electron chi connectivity index (χ3n) is 2.06. The average Bonchev–Trinajstić information content (AvgIpc) is 1.97. The van der Waals surface area contributed by atoms with Gasteiger partial charge in [0.25, 0.3) is 10.1 Å². The topological polar surface area (TPSA) is 54.4 Å². The third kappa shape index (κ3) is 2.56. The molecule has 6 heteroatoms. The van der Waals surface area contributed by atoms with Gasteiger partial charge in [0.05, 0.1) is 4.90 Å². The van der Waals surface area contributed by atoms with Crippen molar-refractivity contribution >= 4 is 10.1 Å². The molecule has 16 heavy (non-hydrogen) atoms. The largest absolute Gasteiger partial charge is 0.294 e. The predicted octanol–water partition coefficient (Wildman–Crippen LogP) is 2.51. The van der Waals surface area contributed by atoms with Crippen LogP contribution in [0.1, 0.15) is 26.3 Å². The number of hydrogen-bond acceptors (Lipinski definition) is 2. The monoisotopic (exact) mass is 250 g/mol. The van der Waals surface area contributed by atoms with E-state index in [1.54, 1.807) is 20.8 Å². The van der Waals surface area contributed by atoms with E-state index in [0.717, 1.165) is 0 Å². The Labute approximate surface area is 92.9 Å². The van der Waals surface area contributed by atoms with Crippen LogP contribution in [0.4, 0.5) is 8.78 Å². The van der Waals surface area contributed by atoms with E-state index in [2.05, 4.69) is 0 Å². The zero-order chi connectivity index (χ0) is 12.7. The van der Waals surface area contributed by atoms with Crippen molar-refractivity contribution in [3.63, 3.8) is 0 Å². The van der Waals surface area contributed by atoms with E-state index < -0.39 is 32.1 Å². The SMILES string of the molecule is CC(C)(C)c1c(F)cc(S(=O)(=O)O)cc1F. The lowest BCUT2D eigenvalue weighted by Crippen LogP contribution is -2.17. The van der Waals surface area contributed by atoms with Crippen molar-refractivity contribution in [2.24, 2.45) is 0 Å². The van der Waals surface area contributed by atoms with Gasteiger partial charge in [0.2, 0.25) is 0 Å². The van der Waals surface area contributed by atoms with E-state index in [9.17, 15) is 17.2 Å². The molecule has 0 spiro atoms. The van der Waals surface area contributed by atoms with Crippen molar-refractivity contribution in [1.29, 1.82) is 0 Å². The summed E-state index contributed by atoms with van der Waals surface area (Å²) >= 11 is 0. The van der Waals surface area contributed by atoms with Crippen LogP contribution in [-0.4, -0.2) is 13.0 Å². The minimum absolute atomic E-state index is 0.208. The Morgan fingerprint density at radius 1 is 1.12 bits per heavy atom. The Hall–Kier alpha value is -1.01. The van der Waals surface area contributed by atoms with Crippen molar-refractivity contribution in [2.45, 2.75) is 31.1 Å². The molecule has 0 radical (unpaired) electrons. The zero-order valence-corrected chi connectivity index (χ0v) is 9.90. The molecule has 1 aromatic carbocycles. The maximum absolute atomic E-state index is 13.5. The van der Waals surface area contributed by atoms with Crippen LogP contribution in [0.2, 0.25) is 0 Å². The van der Waals surface area contributed by atoms with Crippen molar-refractivity contribution in [3.8, 4) is 0 Å². The highest BCUT2D eigenvalue weighted by Gasteiger charge is 2.25. The van der Waals surface area contributed by atoms with Crippen LogP contribution in [0, 0.1) is 11.6 Å². The van der Waals surface area contributed by atoms with Crippen LogP contribution in [-0.2, 0) is 15.5 Å². The van der Waals surface area contributed by atoms with Crippen LogP contribution in [0.3, 0.4) is 0 Å². The molecular formula is C10H12F2O3S. The molecule has 0 unspecified atom stereocenters. The lowest BCUT2D eigenvalue weighted by atomic mass is 9.86. The van der Waals surface area contributed by atoms with Gasteiger partial charge >= 0.3 is 0 Å². The first-order valence-electron chi connectivity index (χ1n) is 4.50. The van der Waals surface area contributed by atoms with Crippen molar-refractivity contribution in [3.05, 3.63) is 29.3 Å². The molecule has 0 saturated carbocycles. The van der Waals surface area contributed by atoms with E-state index in [1.807, 2.05) is 0 Å². The number of rotatable bonds is 1. The number of benzene rings is 1. The molecule has 90 valence electrons. The summed E-state index contributed by atoms with van der Waals surface area (Å²) in [6.45, 7) is 4.80. The standard InChI is InChI=1S/C10H12F2O3S/c1-10(2,3)9-7(11)4-6(5-8(9)12)16(13,14)15/h4-5H,1-3H3,(H,13,14,15). The maximum Gasteiger partial charge on any atom is 0.294 e. The first kappa shape index (κ1) is 13.1. The third-order valence-corrected chi connectivity index (χ3v) is 2.89. The van der Waals surface area contributed by atoms with Crippen molar-refractivity contribution in [1.82, 2.24) is 0 Å². The quantitative estimate of drug-likeness (QED) is 0.779. The smallest absolute Gasteiger partial charge is 0.282 e. The molecule has 3 nitrogen and oxygen atoms in total. The summed E-state index contributed by atoms with van der Waals surface area (Å²) in [5.74, 6) is -1.97. The lowest BCUT2D eigenvalue weighted by molar-refractivity contribution is 0.460.